The predicted molar refractivity (Wildman–Crippen MR) is 78.2 cm³/mol. The van der Waals surface area contributed by atoms with Crippen LogP contribution in [0.3, 0.4) is 0 Å². The zero-order valence-corrected chi connectivity index (χ0v) is 11.3. The fourth-order valence-electron chi connectivity index (χ4n) is 1.92. The number of hydrogen-bond acceptors (Lipinski definition) is 4. The number of nitrogens with zero attached hydrogens (tertiary/aromatic N) is 3. The van der Waals surface area contributed by atoms with Crippen LogP contribution in [0.1, 0.15) is 11.1 Å². The molecule has 2 N–H and O–H groups in total. The zero-order valence-electron chi connectivity index (χ0n) is 11.3. The SMILES string of the molecule is CN(CCc1ccncc1)c1ccc(CCN)cn1. The molecule has 2 heterocycles. The van der Waals surface area contributed by atoms with Gasteiger partial charge in [-0.25, -0.2) is 4.98 Å². The maximum atomic E-state index is 5.53. The highest BCUT2D eigenvalue weighted by atomic mass is 15.2. The second kappa shape index (κ2) is 6.85. The molecule has 100 valence electrons. The van der Waals surface area contributed by atoms with Crippen LogP contribution in [0.25, 0.3) is 0 Å². The van der Waals surface area contributed by atoms with E-state index in [4.69, 9.17) is 5.73 Å². The Hall–Kier alpha value is -1.94. The van der Waals surface area contributed by atoms with Gasteiger partial charge in [0.25, 0.3) is 0 Å². The molecule has 2 rings (SSSR count). The lowest BCUT2D eigenvalue weighted by atomic mass is 10.2. The largest absolute Gasteiger partial charge is 0.359 e. The van der Waals surface area contributed by atoms with Crippen LogP contribution in [0, 0.1) is 0 Å². The van der Waals surface area contributed by atoms with Crippen molar-refractivity contribution in [2.75, 3.05) is 25.0 Å². The Kier molecular flexibility index (Phi) is 4.86. The molecule has 19 heavy (non-hydrogen) atoms. The minimum absolute atomic E-state index is 0.666. The third-order valence-electron chi connectivity index (χ3n) is 3.12. The molecule has 0 amide bonds. The van der Waals surface area contributed by atoms with Gasteiger partial charge < -0.3 is 10.6 Å². The molecule has 0 fully saturated rings. The highest BCUT2D eigenvalue weighted by molar-refractivity contribution is 5.38. The topological polar surface area (TPSA) is 55.0 Å². The van der Waals surface area contributed by atoms with E-state index in [1.807, 2.05) is 30.7 Å². The summed E-state index contributed by atoms with van der Waals surface area (Å²) in [4.78, 5) is 10.6. The van der Waals surface area contributed by atoms with Gasteiger partial charge in [-0.3, -0.25) is 4.98 Å². The van der Waals surface area contributed by atoms with Crippen LogP contribution in [0.5, 0.6) is 0 Å². The summed E-state index contributed by atoms with van der Waals surface area (Å²) in [6.07, 6.45) is 7.44. The summed E-state index contributed by atoms with van der Waals surface area (Å²) < 4.78 is 0. The second-order valence-corrected chi connectivity index (χ2v) is 4.59. The van der Waals surface area contributed by atoms with Crippen molar-refractivity contribution < 1.29 is 0 Å². The van der Waals surface area contributed by atoms with Crippen molar-refractivity contribution >= 4 is 5.82 Å². The quantitative estimate of drug-likeness (QED) is 0.854. The Morgan fingerprint density at radius 3 is 2.47 bits per heavy atom. The van der Waals surface area contributed by atoms with Crippen LogP contribution in [0.4, 0.5) is 5.82 Å². The van der Waals surface area contributed by atoms with E-state index in [0.29, 0.717) is 6.54 Å². The van der Waals surface area contributed by atoms with Crippen LogP contribution >= 0.6 is 0 Å². The highest BCUT2D eigenvalue weighted by Gasteiger charge is 2.03. The van der Waals surface area contributed by atoms with E-state index in [1.165, 1.54) is 11.1 Å². The van der Waals surface area contributed by atoms with Gasteiger partial charge in [0, 0.05) is 32.2 Å². The molecule has 0 saturated carbocycles. The Labute approximate surface area is 114 Å². The number of aromatic nitrogens is 2. The molecule has 0 radical (unpaired) electrons. The van der Waals surface area contributed by atoms with E-state index >= 15 is 0 Å². The molecule has 2 aromatic heterocycles. The van der Waals surface area contributed by atoms with E-state index in [2.05, 4.69) is 34.0 Å². The van der Waals surface area contributed by atoms with Crippen molar-refractivity contribution in [3.63, 3.8) is 0 Å². The summed E-state index contributed by atoms with van der Waals surface area (Å²) >= 11 is 0. The fourth-order valence-corrected chi connectivity index (χ4v) is 1.92. The molecular weight excluding hydrogens is 236 g/mol. The van der Waals surface area contributed by atoms with Crippen molar-refractivity contribution in [1.82, 2.24) is 9.97 Å². The summed E-state index contributed by atoms with van der Waals surface area (Å²) in [7, 11) is 2.06. The Morgan fingerprint density at radius 1 is 1.05 bits per heavy atom. The Morgan fingerprint density at radius 2 is 1.84 bits per heavy atom. The van der Waals surface area contributed by atoms with Crippen LogP contribution in [-0.4, -0.2) is 30.1 Å². The van der Waals surface area contributed by atoms with Gasteiger partial charge in [0.2, 0.25) is 0 Å². The van der Waals surface area contributed by atoms with E-state index in [9.17, 15) is 0 Å². The standard InChI is InChI=1S/C15H20N4/c1-19(11-7-13-5-9-17-10-6-13)15-3-2-14(4-8-16)12-18-15/h2-3,5-6,9-10,12H,4,7-8,11,16H2,1H3. The highest BCUT2D eigenvalue weighted by Crippen LogP contribution is 2.10. The Balaban J connectivity index is 1.90. The first-order valence-electron chi connectivity index (χ1n) is 6.54. The number of rotatable bonds is 6. The van der Waals surface area contributed by atoms with Gasteiger partial charge in [0.1, 0.15) is 5.82 Å². The first-order chi connectivity index (χ1) is 9.29. The van der Waals surface area contributed by atoms with Gasteiger partial charge in [-0.2, -0.15) is 0 Å². The molecule has 2 aromatic rings. The normalized spacial score (nSPS) is 10.4. The van der Waals surface area contributed by atoms with Crippen molar-refractivity contribution in [1.29, 1.82) is 0 Å². The molecule has 0 spiro atoms. The molecule has 0 saturated heterocycles. The number of anilines is 1. The lowest BCUT2D eigenvalue weighted by Crippen LogP contribution is -2.21. The van der Waals surface area contributed by atoms with Gasteiger partial charge in [0.15, 0.2) is 0 Å². The maximum absolute atomic E-state index is 5.53. The van der Waals surface area contributed by atoms with Crippen LogP contribution in [-0.2, 0) is 12.8 Å². The monoisotopic (exact) mass is 256 g/mol. The van der Waals surface area contributed by atoms with E-state index in [1.54, 1.807) is 0 Å². The first-order valence-corrected chi connectivity index (χ1v) is 6.54. The molecule has 4 nitrogen and oxygen atoms in total. The molecular formula is C15H20N4. The average molecular weight is 256 g/mol. The van der Waals surface area contributed by atoms with Gasteiger partial charge in [-0.1, -0.05) is 6.07 Å². The molecule has 0 unspecified atom stereocenters. The molecule has 0 aromatic carbocycles. The number of pyridine rings is 2. The van der Waals surface area contributed by atoms with Crippen molar-refractivity contribution in [3.8, 4) is 0 Å². The van der Waals surface area contributed by atoms with Crippen molar-refractivity contribution in [3.05, 3.63) is 54.0 Å². The zero-order chi connectivity index (χ0) is 13.5. The first kappa shape index (κ1) is 13.5. The van der Waals surface area contributed by atoms with Gasteiger partial charge in [-0.05, 0) is 48.7 Å². The van der Waals surface area contributed by atoms with Gasteiger partial charge in [0.05, 0.1) is 0 Å². The summed E-state index contributed by atoms with van der Waals surface area (Å²) in [6.45, 7) is 1.60. The number of nitrogens with two attached hydrogens (primary N) is 1. The molecule has 4 heteroatoms. The van der Waals surface area contributed by atoms with Gasteiger partial charge in [-0.15, -0.1) is 0 Å². The van der Waals surface area contributed by atoms with Crippen molar-refractivity contribution in [2.24, 2.45) is 5.73 Å². The average Bonchev–Trinajstić information content (AvgIpc) is 2.47. The minimum atomic E-state index is 0.666. The third kappa shape index (κ3) is 4.03. The maximum Gasteiger partial charge on any atom is 0.128 e. The molecule has 0 bridgehead atoms. The fraction of sp³-hybridized carbons (Fsp3) is 0.333. The Bertz CT molecular complexity index is 481. The summed E-state index contributed by atoms with van der Waals surface area (Å²) in [5.41, 5.74) is 8.01. The summed E-state index contributed by atoms with van der Waals surface area (Å²) in [5, 5.41) is 0. The summed E-state index contributed by atoms with van der Waals surface area (Å²) in [6, 6.07) is 8.24. The third-order valence-corrected chi connectivity index (χ3v) is 3.12. The smallest absolute Gasteiger partial charge is 0.128 e. The summed E-state index contributed by atoms with van der Waals surface area (Å²) in [5.74, 6) is 0.995. The number of likely N-dealkylation sites (N-methyl/N-ethyl adjacent to an activating group) is 1. The lowest BCUT2D eigenvalue weighted by molar-refractivity contribution is 0.854. The van der Waals surface area contributed by atoms with E-state index in [-0.39, 0.29) is 0 Å². The van der Waals surface area contributed by atoms with E-state index < -0.39 is 0 Å². The second-order valence-electron chi connectivity index (χ2n) is 4.59. The van der Waals surface area contributed by atoms with Gasteiger partial charge >= 0.3 is 0 Å². The number of hydrogen-bond donors (Lipinski definition) is 1. The predicted octanol–water partition coefficient (Wildman–Crippen LogP) is 1.66. The molecule has 0 atom stereocenters. The van der Waals surface area contributed by atoms with Crippen molar-refractivity contribution in [2.45, 2.75) is 12.8 Å². The van der Waals surface area contributed by atoms with E-state index in [0.717, 1.165) is 25.2 Å². The van der Waals surface area contributed by atoms with Crippen LogP contribution < -0.4 is 10.6 Å². The minimum Gasteiger partial charge on any atom is -0.359 e. The lowest BCUT2D eigenvalue weighted by Gasteiger charge is -2.18. The van der Waals surface area contributed by atoms with Crippen LogP contribution in [0.2, 0.25) is 0 Å². The molecule has 0 aliphatic heterocycles. The van der Waals surface area contributed by atoms with Crippen LogP contribution in [0.15, 0.2) is 42.9 Å². The molecule has 0 aliphatic rings. The molecule has 0 aliphatic carbocycles.